The second-order valence-corrected chi connectivity index (χ2v) is 5.14. The SMILES string of the molecule is O=C(O)c1cccc2cc(Oc3ccnc4[nH]ccc34)ccc12. The van der Waals surface area contributed by atoms with Crippen LogP contribution in [0.1, 0.15) is 10.4 Å². The van der Waals surface area contributed by atoms with Gasteiger partial charge in [-0.1, -0.05) is 12.1 Å². The first-order valence-electron chi connectivity index (χ1n) is 7.08. The summed E-state index contributed by atoms with van der Waals surface area (Å²) in [6, 6.07) is 14.3. The van der Waals surface area contributed by atoms with Gasteiger partial charge in [0, 0.05) is 12.4 Å². The van der Waals surface area contributed by atoms with Crippen molar-refractivity contribution in [3.63, 3.8) is 0 Å². The first-order valence-corrected chi connectivity index (χ1v) is 7.08. The lowest BCUT2D eigenvalue weighted by atomic mass is 10.0. The molecule has 2 aromatic carbocycles. The number of carbonyl (C=O) groups is 1. The van der Waals surface area contributed by atoms with Crippen LogP contribution in [0.5, 0.6) is 11.5 Å². The number of hydrogen-bond donors (Lipinski definition) is 2. The van der Waals surface area contributed by atoms with Crippen molar-refractivity contribution >= 4 is 27.8 Å². The van der Waals surface area contributed by atoms with E-state index in [0.29, 0.717) is 16.9 Å². The second-order valence-electron chi connectivity index (χ2n) is 5.14. The predicted octanol–water partition coefficient (Wildman–Crippen LogP) is 4.21. The van der Waals surface area contributed by atoms with Crippen molar-refractivity contribution in [1.82, 2.24) is 9.97 Å². The lowest BCUT2D eigenvalue weighted by molar-refractivity contribution is 0.0699. The first-order chi connectivity index (χ1) is 11.2. The highest BCUT2D eigenvalue weighted by atomic mass is 16.5. The van der Waals surface area contributed by atoms with Crippen LogP contribution in [0.25, 0.3) is 21.8 Å². The molecule has 0 spiro atoms. The van der Waals surface area contributed by atoms with Crippen LogP contribution in [0.2, 0.25) is 0 Å². The fraction of sp³-hybridized carbons (Fsp3) is 0. The zero-order chi connectivity index (χ0) is 15.8. The Morgan fingerprint density at radius 2 is 2.00 bits per heavy atom. The van der Waals surface area contributed by atoms with Gasteiger partial charge in [0.1, 0.15) is 17.1 Å². The van der Waals surface area contributed by atoms with Gasteiger partial charge in [-0.05, 0) is 47.2 Å². The molecule has 0 amide bonds. The van der Waals surface area contributed by atoms with Crippen molar-refractivity contribution in [2.75, 3.05) is 0 Å². The number of rotatable bonds is 3. The molecule has 0 aliphatic heterocycles. The number of carboxylic acid groups (broad SMARTS) is 1. The molecule has 2 heterocycles. The summed E-state index contributed by atoms with van der Waals surface area (Å²) < 4.78 is 5.95. The molecule has 5 heteroatoms. The van der Waals surface area contributed by atoms with Gasteiger partial charge in [0.15, 0.2) is 0 Å². The number of H-pyrrole nitrogens is 1. The summed E-state index contributed by atoms with van der Waals surface area (Å²) in [7, 11) is 0. The summed E-state index contributed by atoms with van der Waals surface area (Å²) in [6.45, 7) is 0. The van der Waals surface area contributed by atoms with Crippen LogP contribution in [0.4, 0.5) is 0 Å². The summed E-state index contributed by atoms with van der Waals surface area (Å²) in [4.78, 5) is 18.5. The largest absolute Gasteiger partial charge is 0.478 e. The molecule has 0 atom stereocenters. The quantitative estimate of drug-likeness (QED) is 0.594. The molecule has 0 saturated heterocycles. The molecule has 4 aromatic rings. The summed E-state index contributed by atoms with van der Waals surface area (Å²) in [5.74, 6) is 0.408. The van der Waals surface area contributed by atoms with E-state index in [-0.39, 0.29) is 5.56 Å². The zero-order valence-electron chi connectivity index (χ0n) is 12.0. The van der Waals surface area contributed by atoms with Gasteiger partial charge in [-0.3, -0.25) is 0 Å². The molecule has 0 aliphatic rings. The monoisotopic (exact) mass is 304 g/mol. The van der Waals surface area contributed by atoms with Crippen LogP contribution in [0.3, 0.4) is 0 Å². The third kappa shape index (κ3) is 2.28. The number of ether oxygens (including phenoxy) is 1. The molecule has 0 aliphatic carbocycles. The van der Waals surface area contributed by atoms with Crippen LogP contribution in [-0.2, 0) is 0 Å². The van der Waals surface area contributed by atoms with E-state index < -0.39 is 5.97 Å². The minimum atomic E-state index is -0.938. The normalized spacial score (nSPS) is 11.0. The van der Waals surface area contributed by atoms with Gasteiger partial charge < -0.3 is 14.8 Å². The maximum atomic E-state index is 11.3. The maximum absolute atomic E-state index is 11.3. The number of aromatic carboxylic acids is 1. The van der Waals surface area contributed by atoms with Gasteiger partial charge in [0.05, 0.1) is 10.9 Å². The highest BCUT2D eigenvalue weighted by molar-refractivity contribution is 6.03. The molecule has 2 N–H and O–H groups in total. The smallest absolute Gasteiger partial charge is 0.336 e. The Kier molecular flexibility index (Phi) is 2.98. The minimum Gasteiger partial charge on any atom is -0.478 e. The number of benzene rings is 2. The lowest BCUT2D eigenvalue weighted by Crippen LogP contribution is -1.97. The molecular formula is C18H12N2O3. The maximum Gasteiger partial charge on any atom is 0.336 e. The Bertz CT molecular complexity index is 1040. The molecule has 4 rings (SSSR count). The molecule has 0 radical (unpaired) electrons. The van der Waals surface area contributed by atoms with Gasteiger partial charge in [-0.2, -0.15) is 0 Å². The Morgan fingerprint density at radius 3 is 2.87 bits per heavy atom. The number of nitrogens with one attached hydrogen (secondary N) is 1. The highest BCUT2D eigenvalue weighted by Gasteiger charge is 2.10. The van der Waals surface area contributed by atoms with Crippen molar-refractivity contribution in [2.45, 2.75) is 0 Å². The van der Waals surface area contributed by atoms with Gasteiger partial charge in [-0.15, -0.1) is 0 Å². The molecule has 112 valence electrons. The lowest BCUT2D eigenvalue weighted by Gasteiger charge is -2.09. The third-order valence-corrected chi connectivity index (χ3v) is 3.73. The van der Waals surface area contributed by atoms with Crippen LogP contribution in [0, 0.1) is 0 Å². The molecule has 0 unspecified atom stereocenters. The topological polar surface area (TPSA) is 75.2 Å². The number of aromatic nitrogens is 2. The van der Waals surface area contributed by atoms with Crippen molar-refractivity contribution in [1.29, 1.82) is 0 Å². The van der Waals surface area contributed by atoms with Crippen molar-refractivity contribution in [2.24, 2.45) is 0 Å². The fourth-order valence-corrected chi connectivity index (χ4v) is 2.66. The van der Waals surface area contributed by atoms with Crippen molar-refractivity contribution in [3.05, 3.63) is 66.5 Å². The van der Waals surface area contributed by atoms with E-state index in [9.17, 15) is 9.90 Å². The van der Waals surface area contributed by atoms with Crippen LogP contribution >= 0.6 is 0 Å². The summed E-state index contributed by atoms with van der Waals surface area (Å²) >= 11 is 0. The van der Waals surface area contributed by atoms with E-state index in [1.807, 2.05) is 24.4 Å². The van der Waals surface area contributed by atoms with Crippen LogP contribution in [0.15, 0.2) is 60.9 Å². The van der Waals surface area contributed by atoms with E-state index in [4.69, 9.17) is 4.74 Å². The summed E-state index contributed by atoms with van der Waals surface area (Å²) in [5.41, 5.74) is 1.04. The number of carboxylic acids is 1. The highest BCUT2D eigenvalue weighted by Crippen LogP contribution is 2.31. The number of pyridine rings is 1. The van der Waals surface area contributed by atoms with Gasteiger partial charge in [-0.25, -0.2) is 9.78 Å². The number of hydrogen-bond acceptors (Lipinski definition) is 3. The van der Waals surface area contributed by atoms with E-state index in [0.717, 1.165) is 16.4 Å². The molecule has 23 heavy (non-hydrogen) atoms. The third-order valence-electron chi connectivity index (χ3n) is 3.73. The Hall–Kier alpha value is -3.34. The van der Waals surface area contributed by atoms with Crippen molar-refractivity contribution in [3.8, 4) is 11.5 Å². The molecule has 5 nitrogen and oxygen atoms in total. The first kappa shape index (κ1) is 13.3. The van der Waals surface area contributed by atoms with Crippen LogP contribution < -0.4 is 4.74 Å². The number of aromatic amines is 1. The van der Waals surface area contributed by atoms with Gasteiger partial charge in [0.25, 0.3) is 0 Å². The predicted molar refractivity (Wildman–Crippen MR) is 87.1 cm³/mol. The van der Waals surface area contributed by atoms with E-state index >= 15 is 0 Å². The number of fused-ring (bicyclic) bond motifs is 2. The van der Waals surface area contributed by atoms with Gasteiger partial charge in [0.2, 0.25) is 0 Å². The molecule has 0 bridgehead atoms. The summed E-state index contributed by atoms with van der Waals surface area (Å²) in [6.07, 6.45) is 3.49. The van der Waals surface area contributed by atoms with E-state index in [1.165, 1.54) is 0 Å². The van der Waals surface area contributed by atoms with Crippen molar-refractivity contribution < 1.29 is 14.6 Å². The molecule has 2 aromatic heterocycles. The van der Waals surface area contributed by atoms with E-state index in [2.05, 4.69) is 9.97 Å². The fourth-order valence-electron chi connectivity index (χ4n) is 2.66. The average molecular weight is 304 g/mol. The van der Waals surface area contributed by atoms with E-state index in [1.54, 1.807) is 36.5 Å². The molecule has 0 saturated carbocycles. The van der Waals surface area contributed by atoms with Gasteiger partial charge >= 0.3 is 5.97 Å². The average Bonchev–Trinajstić information content (AvgIpc) is 3.03. The Morgan fingerprint density at radius 1 is 1.09 bits per heavy atom. The molecular weight excluding hydrogens is 292 g/mol. The molecule has 0 fully saturated rings. The zero-order valence-corrected chi connectivity index (χ0v) is 12.0. The Balaban J connectivity index is 1.78. The summed E-state index contributed by atoms with van der Waals surface area (Å²) in [5, 5.41) is 11.6. The Labute approximate surface area is 131 Å². The second kappa shape index (κ2) is 5.14. The number of nitrogens with zero attached hydrogens (tertiary/aromatic N) is 1. The standard InChI is InChI=1S/C18H12N2O3/c21-18(22)14-3-1-2-11-10-12(4-5-13(11)14)23-16-7-9-20-17-15(16)6-8-19-17/h1-10H,(H,19,20)(H,21,22). The van der Waals surface area contributed by atoms with Crippen LogP contribution in [-0.4, -0.2) is 21.0 Å². The minimum absolute atomic E-state index is 0.283.